The van der Waals surface area contributed by atoms with Crippen LogP contribution in [0, 0.1) is 0 Å². The van der Waals surface area contributed by atoms with Crippen molar-refractivity contribution in [1.29, 1.82) is 0 Å². The maximum absolute atomic E-state index is 6.17. The summed E-state index contributed by atoms with van der Waals surface area (Å²) in [5.74, 6) is 0. The van der Waals surface area contributed by atoms with Gasteiger partial charge in [-0.15, -0.1) is 0 Å². The Bertz CT molecular complexity index is 1400. The Morgan fingerprint density at radius 1 is 0.656 bits per heavy atom. The summed E-state index contributed by atoms with van der Waals surface area (Å²) >= 11 is 0. The lowest BCUT2D eigenvalue weighted by Gasteiger charge is -2.17. The lowest BCUT2D eigenvalue weighted by Crippen LogP contribution is -2.04. The second kappa shape index (κ2) is 7.73. The molecule has 0 bridgehead atoms. The first-order valence-corrected chi connectivity index (χ1v) is 11.1. The van der Waals surface area contributed by atoms with E-state index in [0.29, 0.717) is 0 Å². The Kier molecular flexibility index (Phi) is 4.58. The highest BCUT2D eigenvalue weighted by atomic mass is 15.0. The highest BCUT2D eigenvalue weighted by Gasteiger charge is 2.19. The van der Waals surface area contributed by atoms with Gasteiger partial charge in [0, 0.05) is 22.3 Å². The lowest BCUT2D eigenvalue weighted by molar-refractivity contribution is 0.889. The van der Waals surface area contributed by atoms with Crippen LogP contribution in [0.4, 0.5) is 0 Å². The van der Waals surface area contributed by atoms with Gasteiger partial charge in [0.25, 0.3) is 0 Å². The first-order chi connectivity index (χ1) is 15.8. The van der Waals surface area contributed by atoms with Gasteiger partial charge in [0.05, 0.1) is 5.52 Å². The molecule has 4 aromatic carbocycles. The third-order valence-electron chi connectivity index (χ3n) is 6.36. The topological polar surface area (TPSA) is 4.93 Å². The Hall–Kier alpha value is -3.78. The predicted octanol–water partition coefficient (Wildman–Crippen LogP) is 6.72. The first kappa shape index (κ1) is 19.0. The molecule has 1 aliphatic carbocycles. The molecular weight excluding hydrogens is 385 g/mol. The minimum absolute atomic E-state index is 0.805. The number of hydrogen-bond donors (Lipinski definition) is 0. The Labute approximate surface area is 190 Å². The molecule has 2 heteroatoms. The van der Waals surface area contributed by atoms with E-state index in [-0.39, 0.29) is 0 Å². The molecule has 1 aromatic heterocycles. The van der Waals surface area contributed by atoms with Gasteiger partial charge >= 0.3 is 0 Å². The molecule has 0 saturated heterocycles. The maximum atomic E-state index is 6.17. The summed E-state index contributed by atoms with van der Waals surface area (Å²) in [6, 6.07) is 34.5. The van der Waals surface area contributed by atoms with Crippen LogP contribution in [0.3, 0.4) is 0 Å². The average Bonchev–Trinajstić information content (AvgIpc) is 3.18. The van der Waals surface area contributed by atoms with E-state index in [1.54, 1.807) is 0 Å². The van der Waals surface area contributed by atoms with Gasteiger partial charge in [-0.3, -0.25) is 0 Å². The number of aromatic nitrogens is 1. The van der Waals surface area contributed by atoms with Gasteiger partial charge in [-0.2, -0.15) is 0 Å². The van der Waals surface area contributed by atoms with Crippen LogP contribution in [-0.2, 0) is 6.42 Å². The summed E-state index contributed by atoms with van der Waals surface area (Å²) in [5, 5.41) is 1.22. The fourth-order valence-corrected chi connectivity index (χ4v) is 4.87. The molecule has 1 heterocycles. The first-order valence-electron chi connectivity index (χ1n) is 11.1. The molecule has 5 aromatic rings. The fraction of sp³-hybridized carbons (Fsp3) is 0.0667. The molecule has 1 aliphatic rings. The fourth-order valence-electron chi connectivity index (χ4n) is 4.87. The van der Waals surface area contributed by atoms with Gasteiger partial charge in [-0.1, -0.05) is 90.4 Å². The molecular formula is C30H22BN. The number of benzene rings is 4. The van der Waals surface area contributed by atoms with Crippen molar-refractivity contribution in [3.05, 3.63) is 114 Å². The van der Waals surface area contributed by atoms with E-state index in [4.69, 9.17) is 7.85 Å². The van der Waals surface area contributed by atoms with Gasteiger partial charge in [-0.25, -0.2) is 0 Å². The van der Waals surface area contributed by atoms with E-state index in [2.05, 4.69) is 108 Å². The number of fused-ring (bicyclic) bond motifs is 3. The molecule has 0 saturated carbocycles. The van der Waals surface area contributed by atoms with Crippen molar-refractivity contribution >= 4 is 30.3 Å². The van der Waals surface area contributed by atoms with E-state index < -0.39 is 0 Å². The molecule has 2 radical (unpaired) electrons. The van der Waals surface area contributed by atoms with Crippen LogP contribution < -0.4 is 5.46 Å². The number of rotatable bonds is 3. The molecule has 0 unspecified atom stereocenters. The van der Waals surface area contributed by atoms with Crippen LogP contribution >= 0.6 is 0 Å². The van der Waals surface area contributed by atoms with Crippen LogP contribution in [-0.4, -0.2) is 12.4 Å². The molecule has 0 fully saturated rings. The van der Waals surface area contributed by atoms with Gasteiger partial charge in [0.1, 0.15) is 7.85 Å². The average molecular weight is 407 g/mol. The van der Waals surface area contributed by atoms with Crippen molar-refractivity contribution in [1.82, 2.24) is 4.57 Å². The third-order valence-corrected chi connectivity index (χ3v) is 6.36. The molecule has 0 atom stereocenters. The lowest BCUT2D eigenvalue weighted by atomic mass is 9.93. The van der Waals surface area contributed by atoms with Gasteiger partial charge in [0.15, 0.2) is 0 Å². The summed E-state index contributed by atoms with van der Waals surface area (Å²) in [5.41, 5.74) is 10.7. The Morgan fingerprint density at radius 3 is 1.97 bits per heavy atom. The zero-order valence-electron chi connectivity index (χ0n) is 17.8. The molecule has 0 amide bonds. The molecule has 6 rings (SSSR count). The minimum Gasteiger partial charge on any atom is -0.313 e. The molecule has 32 heavy (non-hydrogen) atoms. The highest BCUT2D eigenvalue weighted by molar-refractivity contribution is 6.33. The normalized spacial score (nSPS) is 12.8. The van der Waals surface area contributed by atoms with E-state index in [1.165, 1.54) is 50.1 Å². The van der Waals surface area contributed by atoms with Crippen molar-refractivity contribution in [2.75, 3.05) is 0 Å². The Balaban J connectivity index is 1.66. The van der Waals surface area contributed by atoms with Crippen LogP contribution in [0.25, 0.3) is 44.9 Å². The van der Waals surface area contributed by atoms with Crippen LogP contribution in [0.1, 0.15) is 17.7 Å². The van der Waals surface area contributed by atoms with E-state index >= 15 is 0 Å². The van der Waals surface area contributed by atoms with E-state index in [9.17, 15) is 0 Å². The minimum atomic E-state index is 0.805. The van der Waals surface area contributed by atoms with Gasteiger partial charge < -0.3 is 4.57 Å². The second-order valence-corrected chi connectivity index (χ2v) is 8.41. The van der Waals surface area contributed by atoms with Crippen LogP contribution in [0.2, 0.25) is 0 Å². The standard InChI is InChI=1S/C30H22BN/c31-25-15-16-30-28(20-25)27-13-7-8-14-29(27)32(30)26-18-23(21-9-3-1-4-10-21)17-24(19-26)22-11-5-2-6-12-22/h1-7,9-13,15-20H,8,14H2. The zero-order chi connectivity index (χ0) is 21.5. The summed E-state index contributed by atoms with van der Waals surface area (Å²) in [6.45, 7) is 0. The van der Waals surface area contributed by atoms with Crippen molar-refractivity contribution in [2.45, 2.75) is 12.8 Å². The smallest absolute Gasteiger partial charge is 0.113 e. The highest BCUT2D eigenvalue weighted by Crippen LogP contribution is 2.36. The van der Waals surface area contributed by atoms with Crippen LogP contribution in [0.15, 0.2) is 103 Å². The zero-order valence-corrected chi connectivity index (χ0v) is 17.8. The van der Waals surface area contributed by atoms with Crippen molar-refractivity contribution in [3.8, 4) is 27.9 Å². The predicted molar refractivity (Wildman–Crippen MR) is 137 cm³/mol. The molecule has 150 valence electrons. The molecule has 0 aliphatic heterocycles. The number of allylic oxidation sites excluding steroid dienone is 1. The number of hydrogen-bond acceptors (Lipinski definition) is 0. The van der Waals surface area contributed by atoms with E-state index in [0.717, 1.165) is 18.3 Å². The van der Waals surface area contributed by atoms with Crippen molar-refractivity contribution < 1.29 is 0 Å². The monoisotopic (exact) mass is 407 g/mol. The Morgan fingerprint density at radius 2 is 1.31 bits per heavy atom. The quantitative estimate of drug-likeness (QED) is 0.293. The van der Waals surface area contributed by atoms with Gasteiger partial charge in [-0.05, 0) is 59.4 Å². The second-order valence-electron chi connectivity index (χ2n) is 8.41. The summed E-state index contributed by atoms with van der Waals surface area (Å²) in [6.07, 6.45) is 6.61. The summed E-state index contributed by atoms with van der Waals surface area (Å²) < 4.78 is 2.44. The molecule has 1 nitrogen and oxygen atoms in total. The number of nitrogens with zero attached hydrogens (tertiary/aromatic N) is 1. The van der Waals surface area contributed by atoms with E-state index in [1.807, 2.05) is 6.07 Å². The molecule has 0 spiro atoms. The SMILES string of the molecule is [B]c1ccc2c(c1)c1c(n2-c2cc(-c3ccccc3)cc(-c3ccccc3)c2)CCC=C1. The van der Waals surface area contributed by atoms with Crippen molar-refractivity contribution in [2.24, 2.45) is 0 Å². The summed E-state index contributed by atoms with van der Waals surface area (Å²) in [7, 11) is 6.17. The maximum Gasteiger partial charge on any atom is 0.113 e. The summed E-state index contributed by atoms with van der Waals surface area (Å²) in [4.78, 5) is 0. The van der Waals surface area contributed by atoms with Crippen molar-refractivity contribution in [3.63, 3.8) is 0 Å². The van der Waals surface area contributed by atoms with Gasteiger partial charge in [0.2, 0.25) is 0 Å². The molecule has 0 N–H and O–H groups in total. The largest absolute Gasteiger partial charge is 0.313 e. The van der Waals surface area contributed by atoms with Crippen LogP contribution in [0.5, 0.6) is 0 Å². The third kappa shape index (κ3) is 3.20.